The van der Waals surface area contributed by atoms with E-state index >= 15 is 0 Å². The number of aliphatic hydroxyl groups is 1. The summed E-state index contributed by atoms with van der Waals surface area (Å²) in [5.41, 5.74) is 6.96. The van der Waals surface area contributed by atoms with Gasteiger partial charge in [-0.1, -0.05) is 91.0 Å². The highest BCUT2D eigenvalue weighted by Gasteiger charge is 2.29. The number of amides is 1. The first-order valence-corrected chi connectivity index (χ1v) is 11.3. The quantitative estimate of drug-likeness (QED) is 0.397. The molecule has 4 heteroatoms. The molecule has 1 saturated heterocycles. The van der Waals surface area contributed by atoms with E-state index in [1.54, 1.807) is 0 Å². The van der Waals surface area contributed by atoms with Crippen molar-refractivity contribution < 1.29 is 9.90 Å². The Morgan fingerprint density at radius 1 is 0.727 bits per heavy atom. The molecule has 33 heavy (non-hydrogen) atoms. The molecular formula is C29H26N2O2. The van der Waals surface area contributed by atoms with E-state index in [2.05, 4.69) is 59.2 Å². The lowest BCUT2D eigenvalue weighted by Gasteiger charge is -2.21. The average molecular weight is 435 g/mol. The van der Waals surface area contributed by atoms with Crippen LogP contribution in [0.15, 0.2) is 103 Å². The van der Waals surface area contributed by atoms with Crippen molar-refractivity contribution in [2.45, 2.75) is 18.6 Å². The molecule has 1 aliphatic rings. The minimum absolute atomic E-state index is 0.131. The Labute approximate surface area is 193 Å². The molecule has 1 heterocycles. The zero-order chi connectivity index (χ0) is 22.6. The van der Waals surface area contributed by atoms with Crippen molar-refractivity contribution in [1.29, 1.82) is 0 Å². The largest absolute Gasteiger partial charge is 0.392 e. The molecule has 4 aromatic carbocycles. The third-order valence-corrected chi connectivity index (χ3v) is 6.09. The van der Waals surface area contributed by atoms with E-state index in [1.807, 2.05) is 54.6 Å². The van der Waals surface area contributed by atoms with E-state index in [9.17, 15) is 9.90 Å². The summed E-state index contributed by atoms with van der Waals surface area (Å²) in [5.74, 6) is -0.131. The Bertz CT molecular complexity index is 1180. The van der Waals surface area contributed by atoms with Crippen LogP contribution < -0.4 is 10.6 Å². The van der Waals surface area contributed by atoms with E-state index in [0.717, 1.165) is 39.1 Å². The second-order valence-electron chi connectivity index (χ2n) is 8.38. The first-order chi connectivity index (χ1) is 16.2. The average Bonchev–Trinajstić information content (AvgIpc) is 3.32. The highest BCUT2D eigenvalue weighted by atomic mass is 16.3. The highest BCUT2D eigenvalue weighted by Crippen LogP contribution is 2.41. The molecule has 1 amide bonds. The van der Waals surface area contributed by atoms with Gasteiger partial charge in [0.25, 0.3) is 0 Å². The molecule has 0 saturated carbocycles. The maximum atomic E-state index is 13.2. The minimum Gasteiger partial charge on any atom is -0.392 e. The van der Waals surface area contributed by atoms with E-state index in [0.29, 0.717) is 13.0 Å². The SMILES string of the molecule is O=C(Nc1c(-c2ccccc2)cc(-c2ccccc2)cc1-c1ccccc1)[C@@H]1C[C@@H](O)CN1. The maximum Gasteiger partial charge on any atom is 0.241 e. The summed E-state index contributed by atoms with van der Waals surface area (Å²) < 4.78 is 0. The summed E-state index contributed by atoms with van der Waals surface area (Å²) in [6.07, 6.45) is -0.0849. The van der Waals surface area contributed by atoms with Crippen LogP contribution in [0.4, 0.5) is 5.69 Å². The number of aliphatic hydroxyl groups excluding tert-OH is 1. The highest BCUT2D eigenvalue weighted by molar-refractivity contribution is 6.05. The van der Waals surface area contributed by atoms with Gasteiger partial charge in [0.15, 0.2) is 0 Å². The van der Waals surface area contributed by atoms with Gasteiger partial charge in [-0.3, -0.25) is 4.79 Å². The van der Waals surface area contributed by atoms with Crippen LogP contribution in [0, 0.1) is 0 Å². The van der Waals surface area contributed by atoms with Gasteiger partial charge in [0.2, 0.25) is 5.91 Å². The lowest BCUT2D eigenvalue weighted by Crippen LogP contribution is -2.35. The normalized spacial score (nSPS) is 17.6. The van der Waals surface area contributed by atoms with Crippen LogP contribution in [0.1, 0.15) is 6.42 Å². The zero-order valence-corrected chi connectivity index (χ0v) is 18.2. The number of benzene rings is 4. The fourth-order valence-corrected chi connectivity index (χ4v) is 4.39. The summed E-state index contributed by atoms with van der Waals surface area (Å²) in [5, 5.41) is 16.2. The second-order valence-corrected chi connectivity index (χ2v) is 8.38. The third kappa shape index (κ3) is 4.58. The van der Waals surface area contributed by atoms with Crippen molar-refractivity contribution in [2.24, 2.45) is 0 Å². The molecule has 0 aromatic heterocycles. The van der Waals surface area contributed by atoms with Crippen molar-refractivity contribution in [3.05, 3.63) is 103 Å². The Hall–Kier alpha value is -3.73. The van der Waals surface area contributed by atoms with Crippen LogP contribution in [-0.2, 0) is 4.79 Å². The van der Waals surface area contributed by atoms with Gasteiger partial charge >= 0.3 is 0 Å². The van der Waals surface area contributed by atoms with Crippen LogP contribution in [0.3, 0.4) is 0 Å². The Balaban J connectivity index is 1.70. The number of hydrogen-bond acceptors (Lipinski definition) is 3. The van der Waals surface area contributed by atoms with Crippen molar-refractivity contribution >= 4 is 11.6 Å². The molecule has 3 N–H and O–H groups in total. The van der Waals surface area contributed by atoms with Gasteiger partial charge in [-0.15, -0.1) is 0 Å². The molecule has 1 fully saturated rings. The van der Waals surface area contributed by atoms with E-state index < -0.39 is 12.1 Å². The Kier molecular flexibility index (Phi) is 6.03. The molecule has 0 spiro atoms. The van der Waals surface area contributed by atoms with Gasteiger partial charge in [0, 0.05) is 17.7 Å². The van der Waals surface area contributed by atoms with Crippen molar-refractivity contribution in [3.8, 4) is 33.4 Å². The molecule has 0 radical (unpaired) electrons. The molecule has 0 unspecified atom stereocenters. The molecular weight excluding hydrogens is 408 g/mol. The molecule has 0 aliphatic carbocycles. The molecule has 4 aromatic rings. The summed E-state index contributed by atoms with van der Waals surface area (Å²) >= 11 is 0. The van der Waals surface area contributed by atoms with E-state index in [4.69, 9.17) is 0 Å². The number of hydrogen-bond donors (Lipinski definition) is 3. The van der Waals surface area contributed by atoms with Gasteiger partial charge in [0.05, 0.1) is 17.8 Å². The fraction of sp³-hybridized carbons (Fsp3) is 0.138. The molecule has 164 valence electrons. The third-order valence-electron chi connectivity index (χ3n) is 6.09. The lowest BCUT2D eigenvalue weighted by molar-refractivity contribution is -0.117. The lowest BCUT2D eigenvalue weighted by atomic mass is 9.91. The van der Waals surface area contributed by atoms with Crippen molar-refractivity contribution in [2.75, 3.05) is 11.9 Å². The predicted molar refractivity (Wildman–Crippen MR) is 134 cm³/mol. The Morgan fingerprint density at radius 2 is 1.21 bits per heavy atom. The standard InChI is InChI=1S/C29H26N2O2/c32-24-18-27(30-19-24)29(33)31-28-25(21-12-6-2-7-13-21)16-23(20-10-4-1-5-11-20)17-26(28)22-14-8-3-9-15-22/h1-17,24,27,30,32H,18-19H2,(H,31,33)/t24-,27+/m1/s1. The van der Waals surface area contributed by atoms with Crippen LogP contribution >= 0.6 is 0 Å². The summed E-state index contributed by atoms with van der Waals surface area (Å²) in [7, 11) is 0. The maximum absolute atomic E-state index is 13.2. The number of carbonyl (C=O) groups is 1. The first-order valence-electron chi connectivity index (χ1n) is 11.3. The van der Waals surface area contributed by atoms with Gasteiger partial charge < -0.3 is 15.7 Å². The zero-order valence-electron chi connectivity index (χ0n) is 18.2. The molecule has 1 aliphatic heterocycles. The minimum atomic E-state index is -0.497. The van der Waals surface area contributed by atoms with Gasteiger partial charge in [0.1, 0.15) is 0 Å². The molecule has 0 bridgehead atoms. The molecule has 4 nitrogen and oxygen atoms in total. The van der Waals surface area contributed by atoms with Gasteiger partial charge in [-0.05, 0) is 40.8 Å². The van der Waals surface area contributed by atoms with Gasteiger partial charge in [-0.2, -0.15) is 0 Å². The number of carbonyl (C=O) groups excluding carboxylic acids is 1. The fourth-order valence-electron chi connectivity index (χ4n) is 4.39. The van der Waals surface area contributed by atoms with E-state index in [-0.39, 0.29) is 5.91 Å². The van der Waals surface area contributed by atoms with Crippen LogP contribution in [-0.4, -0.2) is 29.7 Å². The summed E-state index contributed by atoms with van der Waals surface area (Å²) in [4.78, 5) is 13.2. The monoisotopic (exact) mass is 434 g/mol. The van der Waals surface area contributed by atoms with Gasteiger partial charge in [-0.25, -0.2) is 0 Å². The topological polar surface area (TPSA) is 61.4 Å². The number of rotatable bonds is 5. The molecule has 5 rings (SSSR count). The molecule has 2 atom stereocenters. The van der Waals surface area contributed by atoms with Crippen molar-refractivity contribution in [3.63, 3.8) is 0 Å². The summed E-state index contributed by atoms with van der Waals surface area (Å²) in [6, 6.07) is 34.4. The second kappa shape index (κ2) is 9.41. The predicted octanol–water partition coefficient (Wildman–Crippen LogP) is 5.35. The number of β-amino-alcohol motifs (C(OH)–C–C–N with tert-alkyl or cyclic N) is 1. The first kappa shape index (κ1) is 21.1. The number of anilines is 1. The van der Waals surface area contributed by atoms with Crippen LogP contribution in [0.2, 0.25) is 0 Å². The Morgan fingerprint density at radius 3 is 1.67 bits per heavy atom. The number of nitrogens with one attached hydrogen (secondary N) is 2. The van der Waals surface area contributed by atoms with Crippen molar-refractivity contribution in [1.82, 2.24) is 5.32 Å². The van der Waals surface area contributed by atoms with E-state index in [1.165, 1.54) is 0 Å². The summed E-state index contributed by atoms with van der Waals surface area (Å²) in [6.45, 7) is 0.433. The smallest absolute Gasteiger partial charge is 0.241 e. The van der Waals surface area contributed by atoms with Crippen LogP contribution in [0.25, 0.3) is 33.4 Å². The van der Waals surface area contributed by atoms with Crippen LogP contribution in [0.5, 0.6) is 0 Å².